The molecule has 0 bridgehead atoms. The lowest BCUT2D eigenvalue weighted by Gasteiger charge is -1.96. The maximum absolute atomic E-state index is 4.41. The van der Waals surface area contributed by atoms with Crippen LogP contribution in [0.5, 0.6) is 0 Å². The molecule has 0 radical (unpaired) electrons. The lowest BCUT2D eigenvalue weighted by molar-refractivity contribution is 0.973. The Morgan fingerprint density at radius 3 is 2.12 bits per heavy atom. The van der Waals surface area contributed by atoms with Crippen LogP contribution in [0.15, 0.2) is 65.7 Å². The van der Waals surface area contributed by atoms with E-state index in [-0.39, 0.29) is 0 Å². The van der Waals surface area contributed by atoms with Crippen LogP contribution in [0.25, 0.3) is 0 Å². The molecule has 0 aliphatic rings. The van der Waals surface area contributed by atoms with Gasteiger partial charge in [-0.25, -0.2) is 0 Å². The van der Waals surface area contributed by atoms with Crippen molar-refractivity contribution in [2.24, 2.45) is 4.99 Å². The number of benzene rings is 2. The molecule has 0 atom stereocenters. The fraction of sp³-hybridized carbons (Fsp3) is 0.133. The fourth-order valence-electron chi connectivity index (χ4n) is 1.55. The van der Waals surface area contributed by atoms with E-state index in [0.717, 1.165) is 18.5 Å². The number of aliphatic imine (C=N–C) groups is 1. The summed E-state index contributed by atoms with van der Waals surface area (Å²) in [4.78, 5) is 4.41. The highest BCUT2D eigenvalue weighted by Crippen LogP contribution is 2.00. The third kappa shape index (κ3) is 3.35. The first kappa shape index (κ1) is 10.6. The molecular weight excluding hydrogens is 194 g/mol. The molecule has 0 amide bonds. The first-order valence-electron chi connectivity index (χ1n) is 5.54. The van der Waals surface area contributed by atoms with Crippen LogP contribution in [0.2, 0.25) is 0 Å². The van der Waals surface area contributed by atoms with Gasteiger partial charge in [-0.2, -0.15) is 0 Å². The minimum atomic E-state index is 0.846. The van der Waals surface area contributed by atoms with Gasteiger partial charge in [-0.3, -0.25) is 4.99 Å². The van der Waals surface area contributed by atoms with E-state index in [1.54, 1.807) is 0 Å². The quantitative estimate of drug-likeness (QED) is 0.685. The molecule has 0 aromatic heterocycles. The van der Waals surface area contributed by atoms with Gasteiger partial charge < -0.3 is 0 Å². The molecule has 2 aromatic rings. The van der Waals surface area contributed by atoms with Crippen molar-refractivity contribution in [1.82, 2.24) is 0 Å². The zero-order valence-electron chi connectivity index (χ0n) is 9.21. The average Bonchev–Trinajstić information content (AvgIpc) is 2.37. The Morgan fingerprint density at radius 1 is 0.812 bits per heavy atom. The van der Waals surface area contributed by atoms with Crippen LogP contribution < -0.4 is 0 Å². The van der Waals surface area contributed by atoms with Crippen LogP contribution in [0.4, 0.5) is 0 Å². The smallest absolute Gasteiger partial charge is 0.0429 e. The molecular formula is C15H15N. The third-order valence-corrected chi connectivity index (χ3v) is 2.41. The van der Waals surface area contributed by atoms with Crippen LogP contribution in [0.1, 0.15) is 11.1 Å². The van der Waals surface area contributed by atoms with Gasteiger partial charge in [0.25, 0.3) is 0 Å². The van der Waals surface area contributed by atoms with E-state index in [0.29, 0.717) is 0 Å². The molecule has 1 heteroatoms. The zero-order valence-corrected chi connectivity index (χ0v) is 9.21. The molecule has 80 valence electrons. The Hall–Kier alpha value is -1.89. The Balaban J connectivity index is 1.83. The standard InChI is InChI=1S/C15H15N/c1-3-7-14(8-4-1)11-12-16-13-15-9-5-2-6-10-15/h1-10,13H,11-12H2. The summed E-state index contributed by atoms with van der Waals surface area (Å²) in [5.41, 5.74) is 2.50. The molecule has 0 fully saturated rings. The van der Waals surface area contributed by atoms with Crippen LogP contribution >= 0.6 is 0 Å². The van der Waals surface area contributed by atoms with Gasteiger partial charge in [0.2, 0.25) is 0 Å². The predicted molar refractivity (Wildman–Crippen MR) is 69.0 cm³/mol. The second kappa shape index (κ2) is 5.86. The minimum Gasteiger partial charge on any atom is -0.292 e. The van der Waals surface area contributed by atoms with E-state index in [9.17, 15) is 0 Å². The lowest BCUT2D eigenvalue weighted by Crippen LogP contribution is -1.90. The summed E-state index contributed by atoms with van der Waals surface area (Å²) in [6.07, 6.45) is 2.94. The van der Waals surface area contributed by atoms with Crippen molar-refractivity contribution < 1.29 is 0 Å². The lowest BCUT2D eigenvalue weighted by atomic mass is 10.1. The Labute approximate surface area is 96.5 Å². The molecule has 0 heterocycles. The summed E-state index contributed by atoms with van der Waals surface area (Å²) >= 11 is 0. The van der Waals surface area contributed by atoms with Gasteiger partial charge in [0.1, 0.15) is 0 Å². The van der Waals surface area contributed by atoms with Crippen molar-refractivity contribution in [3.05, 3.63) is 71.8 Å². The molecule has 0 saturated carbocycles. The van der Waals surface area contributed by atoms with Crippen LogP contribution in [0, 0.1) is 0 Å². The van der Waals surface area contributed by atoms with Crippen LogP contribution in [-0.2, 0) is 6.42 Å². The van der Waals surface area contributed by atoms with Gasteiger partial charge in [-0.1, -0.05) is 60.7 Å². The summed E-state index contributed by atoms with van der Waals surface area (Å²) in [5, 5.41) is 0. The Kier molecular flexibility index (Phi) is 3.89. The molecule has 0 aliphatic heterocycles. The average molecular weight is 209 g/mol. The van der Waals surface area contributed by atoms with Crippen LogP contribution in [-0.4, -0.2) is 12.8 Å². The van der Waals surface area contributed by atoms with Gasteiger partial charge in [0.05, 0.1) is 0 Å². The number of nitrogens with zero attached hydrogens (tertiary/aromatic N) is 1. The summed E-state index contributed by atoms with van der Waals surface area (Å²) in [7, 11) is 0. The molecule has 2 rings (SSSR count). The van der Waals surface area contributed by atoms with E-state index < -0.39 is 0 Å². The van der Waals surface area contributed by atoms with Gasteiger partial charge in [-0.15, -0.1) is 0 Å². The molecule has 0 aliphatic carbocycles. The SMILES string of the molecule is C(=NCCc1ccccc1)c1ccccc1. The first-order chi connectivity index (χ1) is 7.95. The number of hydrogen-bond acceptors (Lipinski definition) is 1. The van der Waals surface area contributed by atoms with Crippen LogP contribution in [0.3, 0.4) is 0 Å². The van der Waals surface area contributed by atoms with Gasteiger partial charge in [0, 0.05) is 12.8 Å². The third-order valence-electron chi connectivity index (χ3n) is 2.41. The number of hydrogen-bond donors (Lipinski definition) is 0. The minimum absolute atomic E-state index is 0.846. The van der Waals surface area contributed by atoms with Crippen molar-refractivity contribution in [2.75, 3.05) is 6.54 Å². The summed E-state index contributed by atoms with van der Waals surface area (Å²) in [5.74, 6) is 0. The topological polar surface area (TPSA) is 12.4 Å². The molecule has 1 nitrogen and oxygen atoms in total. The molecule has 0 unspecified atom stereocenters. The highest BCUT2D eigenvalue weighted by Gasteiger charge is 1.89. The highest BCUT2D eigenvalue weighted by atomic mass is 14.7. The molecule has 2 aromatic carbocycles. The molecule has 0 spiro atoms. The van der Waals surface area contributed by atoms with Crippen molar-refractivity contribution in [2.45, 2.75) is 6.42 Å². The van der Waals surface area contributed by atoms with Crippen molar-refractivity contribution in [3.63, 3.8) is 0 Å². The summed E-state index contributed by atoms with van der Waals surface area (Å²) in [6.45, 7) is 0.846. The largest absolute Gasteiger partial charge is 0.292 e. The highest BCUT2D eigenvalue weighted by molar-refractivity contribution is 5.79. The Bertz CT molecular complexity index is 432. The normalized spacial score (nSPS) is 10.8. The monoisotopic (exact) mass is 209 g/mol. The van der Waals surface area contributed by atoms with E-state index in [1.807, 2.05) is 30.5 Å². The van der Waals surface area contributed by atoms with Gasteiger partial charge in [-0.05, 0) is 17.5 Å². The van der Waals surface area contributed by atoms with Gasteiger partial charge in [0.15, 0.2) is 0 Å². The zero-order chi connectivity index (χ0) is 11.1. The maximum Gasteiger partial charge on any atom is 0.0429 e. The van der Waals surface area contributed by atoms with E-state index in [1.165, 1.54) is 5.56 Å². The second-order valence-electron chi connectivity index (χ2n) is 3.68. The first-order valence-corrected chi connectivity index (χ1v) is 5.54. The summed E-state index contributed by atoms with van der Waals surface area (Å²) < 4.78 is 0. The molecule has 16 heavy (non-hydrogen) atoms. The molecule has 0 N–H and O–H groups in total. The Morgan fingerprint density at radius 2 is 1.44 bits per heavy atom. The van der Waals surface area contributed by atoms with E-state index >= 15 is 0 Å². The van der Waals surface area contributed by atoms with Crippen molar-refractivity contribution in [1.29, 1.82) is 0 Å². The van der Waals surface area contributed by atoms with E-state index in [4.69, 9.17) is 0 Å². The van der Waals surface area contributed by atoms with Crippen molar-refractivity contribution >= 4 is 6.21 Å². The predicted octanol–water partition coefficient (Wildman–Crippen LogP) is 3.35. The van der Waals surface area contributed by atoms with Crippen molar-refractivity contribution in [3.8, 4) is 0 Å². The summed E-state index contributed by atoms with van der Waals surface area (Å²) in [6, 6.07) is 20.6. The second-order valence-corrected chi connectivity index (χ2v) is 3.68. The van der Waals surface area contributed by atoms with Gasteiger partial charge >= 0.3 is 0 Å². The fourth-order valence-corrected chi connectivity index (χ4v) is 1.55. The van der Waals surface area contributed by atoms with E-state index in [2.05, 4.69) is 41.4 Å². The maximum atomic E-state index is 4.41. The number of rotatable bonds is 4. The molecule has 0 saturated heterocycles.